The summed E-state index contributed by atoms with van der Waals surface area (Å²) in [7, 11) is 2.16. The highest BCUT2D eigenvalue weighted by Crippen LogP contribution is 2.41. The fourth-order valence-electron chi connectivity index (χ4n) is 5.68. The molecule has 0 radical (unpaired) electrons. The molecule has 5 nitrogen and oxygen atoms in total. The minimum Gasteiger partial charge on any atom is -0.350 e. The molecule has 0 saturated carbocycles. The maximum absolute atomic E-state index is 4.70. The quantitative estimate of drug-likeness (QED) is 0.647. The first-order chi connectivity index (χ1) is 14.5. The molecule has 0 bridgehead atoms. The zero-order valence-electron chi connectivity index (χ0n) is 18.6. The Hall–Kier alpha value is -2.40. The molecule has 0 atom stereocenters. The third-order valence-corrected chi connectivity index (χ3v) is 7.19. The molecule has 2 aliphatic rings. The first kappa shape index (κ1) is 19.6. The summed E-state index contributed by atoms with van der Waals surface area (Å²) in [6, 6.07) is 10.8. The standard InChI is InChI=1S/C25H33N5/c1-19-15-20(2)27-24(26-19)30-13-10-25(11-14-30)9-6-12-29(18-25)17-21-16-28(3)23-8-5-4-7-22(21)23/h4-5,7-8,15-16H,6,9-14,17-18H2,1-3H3. The third kappa shape index (κ3) is 3.71. The number of rotatable bonds is 3. The van der Waals surface area contributed by atoms with Gasteiger partial charge in [-0.25, -0.2) is 9.97 Å². The molecule has 0 amide bonds. The molecule has 158 valence electrons. The molecular weight excluding hydrogens is 370 g/mol. The summed E-state index contributed by atoms with van der Waals surface area (Å²) in [5.41, 5.74) is 5.39. The number of benzene rings is 1. The van der Waals surface area contributed by atoms with E-state index in [0.717, 1.165) is 37.0 Å². The van der Waals surface area contributed by atoms with Crippen molar-refractivity contribution < 1.29 is 0 Å². The van der Waals surface area contributed by atoms with Crippen LogP contribution in [-0.4, -0.2) is 45.6 Å². The fraction of sp³-hybridized carbons (Fsp3) is 0.520. The van der Waals surface area contributed by atoms with Crippen LogP contribution in [0, 0.1) is 19.3 Å². The summed E-state index contributed by atoms with van der Waals surface area (Å²) in [4.78, 5) is 14.5. The van der Waals surface area contributed by atoms with Crippen LogP contribution in [0.15, 0.2) is 36.5 Å². The number of anilines is 1. The lowest BCUT2D eigenvalue weighted by Gasteiger charge is -2.47. The van der Waals surface area contributed by atoms with Crippen molar-refractivity contribution in [3.63, 3.8) is 0 Å². The van der Waals surface area contributed by atoms with Crippen molar-refractivity contribution in [1.82, 2.24) is 19.4 Å². The smallest absolute Gasteiger partial charge is 0.225 e. The maximum atomic E-state index is 4.70. The monoisotopic (exact) mass is 403 g/mol. The van der Waals surface area contributed by atoms with Crippen LogP contribution in [0.4, 0.5) is 5.95 Å². The lowest BCUT2D eigenvalue weighted by atomic mass is 9.72. The number of piperidine rings is 2. The fourth-order valence-corrected chi connectivity index (χ4v) is 5.68. The summed E-state index contributed by atoms with van der Waals surface area (Å²) in [5, 5.41) is 1.40. The molecule has 0 N–H and O–H groups in total. The van der Waals surface area contributed by atoms with Gasteiger partial charge in [0.15, 0.2) is 0 Å². The molecule has 2 aliphatic heterocycles. The minimum atomic E-state index is 0.457. The van der Waals surface area contributed by atoms with Gasteiger partial charge in [0.05, 0.1) is 0 Å². The predicted octanol–water partition coefficient (Wildman–Crippen LogP) is 4.47. The number of likely N-dealkylation sites (tertiary alicyclic amines) is 1. The second kappa shape index (κ2) is 7.69. The molecule has 1 spiro atoms. The van der Waals surface area contributed by atoms with Crippen LogP contribution in [0.3, 0.4) is 0 Å². The molecule has 5 heteroatoms. The van der Waals surface area contributed by atoms with Gasteiger partial charge in [0.25, 0.3) is 0 Å². The van der Waals surface area contributed by atoms with Gasteiger partial charge >= 0.3 is 0 Å². The van der Waals surface area contributed by atoms with E-state index in [0.29, 0.717) is 5.41 Å². The molecule has 2 aromatic heterocycles. The molecule has 30 heavy (non-hydrogen) atoms. The normalized spacial score (nSPS) is 19.6. The molecule has 0 aliphatic carbocycles. The van der Waals surface area contributed by atoms with Crippen molar-refractivity contribution >= 4 is 16.9 Å². The van der Waals surface area contributed by atoms with Gasteiger partial charge in [-0.2, -0.15) is 0 Å². The molecule has 5 rings (SSSR count). The van der Waals surface area contributed by atoms with Crippen molar-refractivity contribution in [1.29, 1.82) is 0 Å². The van der Waals surface area contributed by atoms with Gasteiger partial charge in [0.1, 0.15) is 0 Å². The highest BCUT2D eigenvalue weighted by Gasteiger charge is 2.39. The van der Waals surface area contributed by atoms with Crippen molar-refractivity contribution in [2.24, 2.45) is 12.5 Å². The summed E-state index contributed by atoms with van der Waals surface area (Å²) in [5.74, 6) is 0.922. The molecule has 3 aromatic rings. The first-order valence-corrected chi connectivity index (χ1v) is 11.3. The van der Waals surface area contributed by atoms with Crippen LogP contribution < -0.4 is 4.90 Å². The Bertz CT molecular complexity index is 1020. The second-order valence-corrected chi connectivity index (χ2v) is 9.53. The van der Waals surface area contributed by atoms with E-state index in [4.69, 9.17) is 9.97 Å². The average molecular weight is 404 g/mol. The zero-order chi connectivity index (χ0) is 20.7. The van der Waals surface area contributed by atoms with Crippen LogP contribution in [-0.2, 0) is 13.6 Å². The van der Waals surface area contributed by atoms with Gasteiger partial charge in [-0.15, -0.1) is 0 Å². The number of aromatic nitrogens is 3. The van der Waals surface area contributed by atoms with E-state index in [-0.39, 0.29) is 0 Å². The SMILES string of the molecule is Cc1cc(C)nc(N2CCC3(CCCN(Cc4cn(C)c5ccccc45)C3)CC2)n1. The number of hydrogen-bond acceptors (Lipinski definition) is 4. The van der Waals surface area contributed by atoms with E-state index in [9.17, 15) is 0 Å². The average Bonchev–Trinajstić information content (AvgIpc) is 3.04. The van der Waals surface area contributed by atoms with Crippen LogP contribution in [0.5, 0.6) is 0 Å². The van der Waals surface area contributed by atoms with E-state index in [2.05, 4.69) is 71.8 Å². The summed E-state index contributed by atoms with van der Waals surface area (Å²) < 4.78 is 2.27. The van der Waals surface area contributed by atoms with Crippen molar-refractivity contribution in [2.45, 2.75) is 46.1 Å². The number of para-hydroxylation sites is 1. The molecule has 2 fully saturated rings. The van der Waals surface area contributed by atoms with Gasteiger partial charge in [0, 0.05) is 61.7 Å². The van der Waals surface area contributed by atoms with E-state index < -0.39 is 0 Å². The van der Waals surface area contributed by atoms with E-state index >= 15 is 0 Å². The van der Waals surface area contributed by atoms with Crippen LogP contribution in [0.25, 0.3) is 10.9 Å². The molecule has 0 unspecified atom stereocenters. The van der Waals surface area contributed by atoms with E-state index in [1.54, 1.807) is 0 Å². The highest BCUT2D eigenvalue weighted by atomic mass is 15.3. The Morgan fingerprint density at radius 1 is 0.967 bits per heavy atom. The topological polar surface area (TPSA) is 37.2 Å². The Morgan fingerprint density at radius 3 is 2.47 bits per heavy atom. The Labute approximate surface area is 179 Å². The van der Waals surface area contributed by atoms with Crippen molar-refractivity contribution in [3.8, 4) is 0 Å². The first-order valence-electron chi connectivity index (χ1n) is 11.3. The van der Waals surface area contributed by atoms with Gasteiger partial charge in [-0.3, -0.25) is 4.90 Å². The lowest BCUT2D eigenvalue weighted by molar-refractivity contribution is 0.0605. The van der Waals surface area contributed by atoms with E-state index in [1.807, 2.05) is 0 Å². The largest absolute Gasteiger partial charge is 0.350 e. The summed E-state index contributed by atoms with van der Waals surface area (Å²) in [6.45, 7) is 9.78. The van der Waals surface area contributed by atoms with Crippen molar-refractivity contribution in [3.05, 3.63) is 53.5 Å². The maximum Gasteiger partial charge on any atom is 0.225 e. The molecule has 1 aromatic carbocycles. The number of aryl methyl sites for hydroxylation is 3. The molecule has 4 heterocycles. The number of nitrogens with zero attached hydrogens (tertiary/aromatic N) is 5. The number of hydrogen-bond donors (Lipinski definition) is 0. The Morgan fingerprint density at radius 2 is 1.70 bits per heavy atom. The van der Waals surface area contributed by atoms with E-state index in [1.165, 1.54) is 55.2 Å². The minimum absolute atomic E-state index is 0.457. The predicted molar refractivity (Wildman–Crippen MR) is 123 cm³/mol. The second-order valence-electron chi connectivity index (χ2n) is 9.53. The zero-order valence-corrected chi connectivity index (χ0v) is 18.6. The number of fused-ring (bicyclic) bond motifs is 1. The third-order valence-electron chi connectivity index (χ3n) is 7.19. The van der Waals surface area contributed by atoms with Gasteiger partial charge in [0.2, 0.25) is 5.95 Å². The summed E-state index contributed by atoms with van der Waals surface area (Å²) in [6.07, 6.45) is 7.49. The van der Waals surface area contributed by atoms with Crippen LogP contribution >= 0.6 is 0 Å². The lowest BCUT2D eigenvalue weighted by Crippen LogP contribution is -2.49. The summed E-state index contributed by atoms with van der Waals surface area (Å²) >= 11 is 0. The van der Waals surface area contributed by atoms with Crippen LogP contribution in [0.1, 0.15) is 42.6 Å². The highest BCUT2D eigenvalue weighted by molar-refractivity contribution is 5.83. The van der Waals surface area contributed by atoms with Crippen LogP contribution in [0.2, 0.25) is 0 Å². The Balaban J connectivity index is 1.27. The molecule has 2 saturated heterocycles. The van der Waals surface area contributed by atoms with Gasteiger partial charge < -0.3 is 9.47 Å². The van der Waals surface area contributed by atoms with Gasteiger partial charge in [-0.05, 0) is 69.2 Å². The van der Waals surface area contributed by atoms with Crippen molar-refractivity contribution in [2.75, 3.05) is 31.1 Å². The molecular formula is C25H33N5. The van der Waals surface area contributed by atoms with Gasteiger partial charge in [-0.1, -0.05) is 18.2 Å². The Kier molecular flexibility index (Phi) is 5.02.